The second kappa shape index (κ2) is 5.87. The Balaban J connectivity index is 2.76. The molecule has 0 N–H and O–H groups in total. The molecule has 0 aliphatic heterocycles. The minimum absolute atomic E-state index is 0.196. The van der Waals surface area contributed by atoms with Gasteiger partial charge in [0.1, 0.15) is 0 Å². The molecule has 0 spiro atoms. The Morgan fingerprint density at radius 3 is 2.15 bits per heavy atom. The number of hydrogen-bond donors (Lipinski definition) is 0. The summed E-state index contributed by atoms with van der Waals surface area (Å²) in [4.78, 5) is 0. The lowest BCUT2D eigenvalue weighted by molar-refractivity contribution is -0.302. The fourth-order valence-corrected chi connectivity index (χ4v) is 3.75. The summed E-state index contributed by atoms with van der Waals surface area (Å²) in [7, 11) is 0. The van der Waals surface area contributed by atoms with Gasteiger partial charge in [0.2, 0.25) is 0 Å². The van der Waals surface area contributed by atoms with Crippen LogP contribution in [0.4, 0.5) is 26.3 Å². The fourth-order valence-electron chi connectivity index (χ4n) is 3.38. The predicted octanol–water partition coefficient (Wildman–Crippen LogP) is 5.59. The zero-order valence-electron chi connectivity index (χ0n) is 13.5. The second-order valence-corrected chi connectivity index (χ2v) is 6.92. The number of benzene rings is 2. The molecule has 0 atom stereocenters. The SMILES string of the molecule is C=C/C=c1/c2c(c3ccc(Br)cc3/c1=C/CC)C(F)(F)C(F)(F)C2(F)F. The van der Waals surface area contributed by atoms with Crippen LogP contribution in [0.5, 0.6) is 0 Å². The zero-order valence-corrected chi connectivity index (χ0v) is 15.1. The van der Waals surface area contributed by atoms with Crippen molar-refractivity contribution in [3.05, 3.63) is 56.9 Å². The molecule has 0 bridgehead atoms. The van der Waals surface area contributed by atoms with Crippen molar-refractivity contribution in [3.63, 3.8) is 0 Å². The van der Waals surface area contributed by atoms with Crippen LogP contribution in [0.3, 0.4) is 0 Å². The van der Waals surface area contributed by atoms with Gasteiger partial charge in [-0.3, -0.25) is 0 Å². The van der Waals surface area contributed by atoms with E-state index in [1.54, 1.807) is 13.0 Å². The molecule has 138 valence electrons. The second-order valence-electron chi connectivity index (χ2n) is 6.01. The molecule has 0 saturated heterocycles. The molecule has 0 unspecified atom stereocenters. The highest BCUT2D eigenvalue weighted by molar-refractivity contribution is 9.10. The van der Waals surface area contributed by atoms with E-state index < -0.39 is 28.9 Å². The summed E-state index contributed by atoms with van der Waals surface area (Å²) in [6.07, 6.45) is 4.15. The lowest BCUT2D eigenvalue weighted by Gasteiger charge is -2.23. The van der Waals surface area contributed by atoms with E-state index in [1.807, 2.05) is 0 Å². The largest absolute Gasteiger partial charge is 0.380 e. The highest BCUT2D eigenvalue weighted by Gasteiger charge is 2.79. The van der Waals surface area contributed by atoms with E-state index in [4.69, 9.17) is 0 Å². The summed E-state index contributed by atoms with van der Waals surface area (Å²) < 4.78 is 86.7. The Morgan fingerprint density at radius 2 is 1.58 bits per heavy atom. The van der Waals surface area contributed by atoms with Gasteiger partial charge in [-0.15, -0.1) is 0 Å². The third-order valence-corrected chi connectivity index (χ3v) is 4.95. The molecule has 0 nitrogen and oxygen atoms in total. The summed E-state index contributed by atoms with van der Waals surface area (Å²) in [6.45, 7) is 5.13. The number of allylic oxidation sites excluding steroid dienone is 1. The van der Waals surface area contributed by atoms with Gasteiger partial charge in [-0.25, -0.2) is 0 Å². The summed E-state index contributed by atoms with van der Waals surface area (Å²) >= 11 is 3.21. The Kier molecular flexibility index (Phi) is 4.30. The topological polar surface area (TPSA) is 0 Å². The van der Waals surface area contributed by atoms with E-state index in [9.17, 15) is 26.3 Å². The van der Waals surface area contributed by atoms with E-state index in [-0.39, 0.29) is 21.2 Å². The Hall–Kier alpha value is -1.76. The number of rotatable bonds is 2. The number of alkyl halides is 6. The van der Waals surface area contributed by atoms with Gasteiger partial charge in [0.25, 0.3) is 0 Å². The van der Waals surface area contributed by atoms with E-state index in [1.165, 1.54) is 12.1 Å². The van der Waals surface area contributed by atoms with Crippen LogP contribution in [0.15, 0.2) is 35.3 Å². The van der Waals surface area contributed by atoms with Gasteiger partial charge in [-0.1, -0.05) is 53.7 Å². The molecule has 2 aromatic rings. The third kappa shape index (κ3) is 2.22. The maximum Gasteiger partial charge on any atom is 0.380 e. The Labute approximate surface area is 153 Å². The van der Waals surface area contributed by atoms with E-state index in [0.717, 1.165) is 18.2 Å². The molecule has 1 aliphatic rings. The molecule has 0 saturated carbocycles. The summed E-state index contributed by atoms with van der Waals surface area (Å²) in [5, 5.41) is -0.271. The molecular weight excluding hydrogens is 422 g/mol. The summed E-state index contributed by atoms with van der Waals surface area (Å²) in [5.74, 6) is -15.6. The normalized spacial score (nSPS) is 21.2. The molecule has 0 fully saturated rings. The van der Waals surface area contributed by atoms with Crippen LogP contribution < -0.4 is 10.4 Å². The molecule has 0 amide bonds. The van der Waals surface area contributed by atoms with E-state index >= 15 is 0 Å². The third-order valence-electron chi connectivity index (χ3n) is 4.46. The average molecular weight is 435 g/mol. The average Bonchev–Trinajstić information content (AvgIpc) is 2.65. The number of halogens is 7. The van der Waals surface area contributed by atoms with Gasteiger partial charge in [0.05, 0.1) is 0 Å². The van der Waals surface area contributed by atoms with E-state index in [2.05, 4.69) is 22.5 Å². The zero-order chi connectivity index (χ0) is 19.5. The fraction of sp³-hybridized carbons (Fsp3) is 0.263. The van der Waals surface area contributed by atoms with Gasteiger partial charge in [-0.2, -0.15) is 26.3 Å². The van der Waals surface area contributed by atoms with Gasteiger partial charge in [0, 0.05) is 15.6 Å². The molecule has 26 heavy (non-hydrogen) atoms. The Bertz CT molecular complexity index is 1040. The highest BCUT2D eigenvalue weighted by atomic mass is 79.9. The van der Waals surface area contributed by atoms with Crippen molar-refractivity contribution in [2.75, 3.05) is 0 Å². The maximum absolute atomic E-state index is 14.5. The summed E-state index contributed by atoms with van der Waals surface area (Å²) in [6, 6.07) is 3.98. The van der Waals surface area contributed by atoms with Gasteiger partial charge in [0.15, 0.2) is 0 Å². The van der Waals surface area contributed by atoms with Gasteiger partial charge in [-0.05, 0) is 39.8 Å². The van der Waals surface area contributed by atoms with Gasteiger partial charge >= 0.3 is 17.8 Å². The maximum atomic E-state index is 14.5. The first-order valence-corrected chi connectivity index (χ1v) is 8.54. The molecule has 2 aromatic carbocycles. The monoisotopic (exact) mass is 434 g/mol. The molecule has 1 aliphatic carbocycles. The molecule has 0 radical (unpaired) electrons. The predicted molar refractivity (Wildman–Crippen MR) is 93.1 cm³/mol. The number of fused-ring (bicyclic) bond motifs is 3. The minimum atomic E-state index is -5.53. The van der Waals surface area contributed by atoms with Crippen LogP contribution in [0.25, 0.3) is 22.9 Å². The quantitative estimate of drug-likeness (QED) is 0.540. The van der Waals surface area contributed by atoms with Crippen molar-refractivity contribution in [2.45, 2.75) is 31.1 Å². The highest BCUT2D eigenvalue weighted by Crippen LogP contribution is 2.63. The first-order valence-electron chi connectivity index (χ1n) is 7.75. The van der Waals surface area contributed by atoms with Crippen LogP contribution in [0.2, 0.25) is 0 Å². The standard InChI is InChI=1S/C19H13BrF6/c1-3-5-11-12(6-4-2)15-16(13-8-7-10(20)9-14(11)13)18(23,24)19(25,26)17(15,21)22/h4-9H,2-3H2,1H3/b11-5+,12-6+. The van der Waals surface area contributed by atoms with Crippen molar-refractivity contribution in [2.24, 2.45) is 0 Å². The van der Waals surface area contributed by atoms with E-state index in [0.29, 0.717) is 10.9 Å². The Morgan fingerprint density at radius 1 is 0.962 bits per heavy atom. The van der Waals surface area contributed by atoms with Crippen molar-refractivity contribution < 1.29 is 26.3 Å². The van der Waals surface area contributed by atoms with Crippen LogP contribution in [-0.4, -0.2) is 5.92 Å². The van der Waals surface area contributed by atoms with Crippen molar-refractivity contribution in [1.29, 1.82) is 0 Å². The van der Waals surface area contributed by atoms with Crippen molar-refractivity contribution in [3.8, 4) is 0 Å². The lowest BCUT2D eigenvalue weighted by atomic mass is 9.94. The first kappa shape index (κ1) is 19.0. The van der Waals surface area contributed by atoms with Crippen LogP contribution in [0.1, 0.15) is 24.5 Å². The minimum Gasteiger partial charge on any atom is -0.194 e. The van der Waals surface area contributed by atoms with Crippen molar-refractivity contribution >= 4 is 38.9 Å². The van der Waals surface area contributed by atoms with Gasteiger partial charge < -0.3 is 0 Å². The van der Waals surface area contributed by atoms with Crippen LogP contribution >= 0.6 is 15.9 Å². The molecular formula is C19H13BrF6. The molecule has 3 rings (SSSR count). The van der Waals surface area contributed by atoms with Crippen molar-refractivity contribution in [1.82, 2.24) is 0 Å². The molecule has 0 aromatic heterocycles. The summed E-state index contributed by atoms with van der Waals surface area (Å²) in [5.41, 5.74) is -2.65. The molecule has 0 heterocycles. The smallest absolute Gasteiger partial charge is 0.194 e. The van der Waals surface area contributed by atoms with Crippen LogP contribution in [-0.2, 0) is 11.8 Å². The molecule has 7 heteroatoms. The number of hydrogen-bond acceptors (Lipinski definition) is 0. The lowest BCUT2D eigenvalue weighted by Crippen LogP contribution is -2.45. The first-order chi connectivity index (χ1) is 12.0. The van der Waals surface area contributed by atoms with Crippen LogP contribution in [0, 0.1) is 0 Å².